The average molecular weight is 678 g/mol. The number of halogens is 1. The van der Waals surface area contributed by atoms with Gasteiger partial charge in [-0.2, -0.15) is 0 Å². The molecule has 0 bridgehead atoms. The minimum absolute atomic E-state index is 0.00763. The Balaban J connectivity index is 1.84. The number of sulfonamides is 1. The minimum atomic E-state index is -4.27. The Morgan fingerprint density at radius 1 is 0.830 bits per heavy atom. The lowest BCUT2D eigenvalue weighted by molar-refractivity contribution is -0.140. The molecule has 0 unspecified atom stereocenters. The van der Waals surface area contributed by atoms with Gasteiger partial charge in [-0.05, 0) is 74.4 Å². The highest BCUT2D eigenvalue weighted by Crippen LogP contribution is 2.32. The van der Waals surface area contributed by atoms with Crippen LogP contribution in [-0.4, -0.2) is 57.5 Å². The van der Waals surface area contributed by atoms with Crippen LogP contribution in [0.2, 0.25) is 5.02 Å². The third-order valence-electron chi connectivity index (χ3n) is 7.29. The summed E-state index contributed by atoms with van der Waals surface area (Å²) in [6, 6.07) is 27.9. The van der Waals surface area contributed by atoms with Gasteiger partial charge in [0.25, 0.3) is 10.0 Å². The third kappa shape index (κ3) is 9.27. The summed E-state index contributed by atoms with van der Waals surface area (Å²) >= 11 is 6.44. The molecule has 0 saturated carbocycles. The van der Waals surface area contributed by atoms with Gasteiger partial charge in [0.15, 0.2) is 0 Å². The first-order valence-corrected chi connectivity index (χ1v) is 16.8. The van der Waals surface area contributed by atoms with Gasteiger partial charge in [-0.15, -0.1) is 0 Å². The Labute approximate surface area is 282 Å². The second-order valence-electron chi connectivity index (χ2n) is 12.0. The molecule has 1 atom stereocenters. The molecule has 1 N–H and O–H groups in total. The number of carbonyl (C=O) groups is 2. The van der Waals surface area contributed by atoms with E-state index < -0.39 is 34.1 Å². The summed E-state index contributed by atoms with van der Waals surface area (Å²) in [6.45, 7) is 4.98. The Morgan fingerprint density at radius 2 is 1.47 bits per heavy atom. The minimum Gasteiger partial charge on any atom is -0.497 e. The van der Waals surface area contributed by atoms with Crippen molar-refractivity contribution in [2.45, 2.75) is 50.2 Å². The van der Waals surface area contributed by atoms with Crippen LogP contribution in [0.15, 0.2) is 108 Å². The predicted octanol–water partition coefficient (Wildman–Crippen LogP) is 6.11. The van der Waals surface area contributed by atoms with Crippen molar-refractivity contribution in [1.29, 1.82) is 0 Å². The SMILES string of the molecule is COc1cccc(CN(C(=O)CN(c2ccc(OC)c(Cl)c2)S(=O)(=O)c2ccccc2)[C@H](Cc2ccccc2)C(=O)NC(C)(C)C)c1. The number of hydrogen-bond donors (Lipinski definition) is 1. The molecule has 9 nitrogen and oxygen atoms in total. The van der Waals surface area contributed by atoms with Gasteiger partial charge in [-0.3, -0.25) is 13.9 Å². The fourth-order valence-electron chi connectivity index (χ4n) is 5.03. The molecule has 0 spiro atoms. The second kappa shape index (κ2) is 15.4. The molecule has 4 aromatic carbocycles. The second-order valence-corrected chi connectivity index (χ2v) is 14.2. The van der Waals surface area contributed by atoms with Crippen molar-refractivity contribution < 1.29 is 27.5 Å². The zero-order chi connectivity index (χ0) is 34.2. The molecule has 0 radical (unpaired) electrons. The molecule has 11 heteroatoms. The largest absolute Gasteiger partial charge is 0.497 e. The lowest BCUT2D eigenvalue weighted by Gasteiger charge is -2.35. The van der Waals surface area contributed by atoms with E-state index in [9.17, 15) is 18.0 Å². The van der Waals surface area contributed by atoms with Gasteiger partial charge in [0.05, 0.1) is 29.8 Å². The van der Waals surface area contributed by atoms with Gasteiger partial charge in [0.1, 0.15) is 24.1 Å². The maximum absolute atomic E-state index is 14.6. The highest BCUT2D eigenvalue weighted by molar-refractivity contribution is 7.92. The van der Waals surface area contributed by atoms with Crippen molar-refractivity contribution in [3.63, 3.8) is 0 Å². The van der Waals surface area contributed by atoms with Crippen LogP contribution in [0.5, 0.6) is 11.5 Å². The Morgan fingerprint density at radius 3 is 2.06 bits per heavy atom. The summed E-state index contributed by atoms with van der Waals surface area (Å²) in [7, 11) is -1.27. The van der Waals surface area contributed by atoms with Gasteiger partial charge in [-0.1, -0.05) is 72.3 Å². The zero-order valence-electron chi connectivity index (χ0n) is 27.1. The van der Waals surface area contributed by atoms with Crippen LogP contribution in [0.4, 0.5) is 5.69 Å². The Kier molecular flexibility index (Phi) is 11.5. The Hall–Kier alpha value is -4.54. The van der Waals surface area contributed by atoms with Crippen LogP contribution < -0.4 is 19.1 Å². The van der Waals surface area contributed by atoms with Gasteiger partial charge in [0, 0.05) is 18.5 Å². The van der Waals surface area contributed by atoms with Crippen molar-refractivity contribution in [1.82, 2.24) is 10.2 Å². The normalized spacial score (nSPS) is 12.1. The molecule has 47 heavy (non-hydrogen) atoms. The smallest absolute Gasteiger partial charge is 0.264 e. The molecular formula is C36H40ClN3O6S. The molecule has 4 aromatic rings. The molecule has 248 valence electrons. The number of amides is 2. The van der Waals surface area contributed by atoms with Crippen LogP contribution in [0.3, 0.4) is 0 Å². The number of anilines is 1. The number of hydrogen-bond acceptors (Lipinski definition) is 6. The number of nitrogens with one attached hydrogen (secondary N) is 1. The van der Waals surface area contributed by atoms with E-state index >= 15 is 0 Å². The van der Waals surface area contributed by atoms with Crippen molar-refractivity contribution in [3.8, 4) is 11.5 Å². The highest BCUT2D eigenvalue weighted by Gasteiger charge is 2.35. The fourth-order valence-corrected chi connectivity index (χ4v) is 6.71. The highest BCUT2D eigenvalue weighted by atomic mass is 35.5. The van der Waals surface area contributed by atoms with Crippen LogP contribution >= 0.6 is 11.6 Å². The van der Waals surface area contributed by atoms with Crippen molar-refractivity contribution in [2.75, 3.05) is 25.1 Å². The topological polar surface area (TPSA) is 105 Å². The van der Waals surface area contributed by atoms with Crippen LogP contribution in [0.1, 0.15) is 31.9 Å². The Bertz CT molecular complexity index is 1780. The number of benzene rings is 4. The van der Waals surface area contributed by atoms with Crippen LogP contribution in [-0.2, 0) is 32.6 Å². The lowest BCUT2D eigenvalue weighted by Crippen LogP contribution is -2.56. The number of carbonyl (C=O) groups excluding carboxylic acids is 2. The summed E-state index contributed by atoms with van der Waals surface area (Å²) in [6.07, 6.45) is 0.193. The van der Waals surface area contributed by atoms with E-state index in [0.717, 1.165) is 9.87 Å². The molecule has 2 amide bonds. The van der Waals surface area contributed by atoms with Gasteiger partial charge in [0.2, 0.25) is 11.8 Å². The quantitative estimate of drug-likeness (QED) is 0.183. The molecule has 4 rings (SSSR count). The maximum atomic E-state index is 14.6. The van der Waals surface area contributed by atoms with Crippen LogP contribution in [0.25, 0.3) is 0 Å². The summed E-state index contributed by atoms with van der Waals surface area (Å²) in [5.74, 6) is -0.0400. The van der Waals surface area contributed by atoms with E-state index in [0.29, 0.717) is 17.1 Å². The molecule has 0 aliphatic heterocycles. The van der Waals surface area contributed by atoms with E-state index in [1.165, 1.54) is 36.3 Å². The average Bonchev–Trinajstić information content (AvgIpc) is 3.05. The van der Waals surface area contributed by atoms with Crippen molar-refractivity contribution in [2.24, 2.45) is 0 Å². The summed E-state index contributed by atoms with van der Waals surface area (Å²) in [5, 5.41) is 3.20. The summed E-state index contributed by atoms with van der Waals surface area (Å²) in [4.78, 5) is 30.1. The molecule has 0 aliphatic carbocycles. The summed E-state index contributed by atoms with van der Waals surface area (Å²) < 4.78 is 40.0. The maximum Gasteiger partial charge on any atom is 0.264 e. The van der Waals surface area contributed by atoms with Gasteiger partial charge in [-0.25, -0.2) is 8.42 Å². The molecule has 0 heterocycles. The van der Waals surface area contributed by atoms with E-state index in [1.807, 2.05) is 57.2 Å². The zero-order valence-corrected chi connectivity index (χ0v) is 28.7. The first-order valence-electron chi connectivity index (χ1n) is 15.0. The van der Waals surface area contributed by atoms with Crippen molar-refractivity contribution in [3.05, 3.63) is 119 Å². The van der Waals surface area contributed by atoms with E-state index in [4.69, 9.17) is 21.1 Å². The van der Waals surface area contributed by atoms with Gasteiger partial charge < -0.3 is 19.7 Å². The monoisotopic (exact) mass is 677 g/mol. The fraction of sp³-hybridized carbons (Fsp3) is 0.278. The predicted molar refractivity (Wildman–Crippen MR) is 184 cm³/mol. The van der Waals surface area contributed by atoms with E-state index in [1.54, 1.807) is 49.6 Å². The standard InChI is InChI=1S/C36H40ClN3O6S/c1-36(2,3)38-35(42)32(22-26-13-8-6-9-14-26)39(24-27-15-12-16-29(21-27)45-4)34(41)25-40(28-19-20-33(46-5)31(37)23-28)47(43,44)30-17-10-7-11-18-30/h6-21,23,32H,22,24-25H2,1-5H3,(H,38,42)/t32-/m1/s1. The number of methoxy groups -OCH3 is 2. The summed E-state index contributed by atoms with van der Waals surface area (Å²) in [5.41, 5.74) is 1.09. The molecule has 0 aliphatic rings. The molecular weight excluding hydrogens is 638 g/mol. The van der Waals surface area contributed by atoms with E-state index in [2.05, 4.69) is 5.32 Å². The first-order chi connectivity index (χ1) is 22.3. The molecule has 0 aromatic heterocycles. The van der Waals surface area contributed by atoms with E-state index in [-0.39, 0.29) is 34.5 Å². The molecule has 0 saturated heterocycles. The first kappa shape index (κ1) is 35.3. The van der Waals surface area contributed by atoms with Gasteiger partial charge >= 0.3 is 0 Å². The van der Waals surface area contributed by atoms with Crippen LogP contribution in [0, 0.1) is 0 Å². The number of nitrogens with zero attached hydrogens (tertiary/aromatic N) is 2. The lowest BCUT2D eigenvalue weighted by atomic mass is 10.0. The number of rotatable bonds is 13. The number of ether oxygens (including phenoxy) is 2. The third-order valence-corrected chi connectivity index (χ3v) is 9.37. The molecule has 0 fully saturated rings. The van der Waals surface area contributed by atoms with Crippen molar-refractivity contribution >= 4 is 39.1 Å².